The third-order valence-electron chi connectivity index (χ3n) is 7.35. The van der Waals surface area contributed by atoms with E-state index < -0.39 is 23.7 Å². The summed E-state index contributed by atoms with van der Waals surface area (Å²) in [6, 6.07) is 0. The van der Waals surface area contributed by atoms with Crippen molar-refractivity contribution >= 4 is 35.2 Å². The Morgan fingerprint density at radius 2 is 1.27 bits per heavy atom. The maximum Gasteiger partial charge on any atom is 0.228 e. The number of primary amides is 2. The van der Waals surface area contributed by atoms with Crippen molar-refractivity contribution in [2.24, 2.45) is 35.1 Å². The second-order valence-corrected chi connectivity index (χ2v) is 11.9. The van der Waals surface area contributed by atoms with Crippen molar-refractivity contribution in [1.29, 1.82) is 0 Å². The van der Waals surface area contributed by atoms with Gasteiger partial charge >= 0.3 is 0 Å². The van der Waals surface area contributed by atoms with E-state index in [-0.39, 0.29) is 41.6 Å². The van der Waals surface area contributed by atoms with Crippen LogP contribution in [-0.2, 0) is 46.5 Å². The number of rotatable bonds is 26. The molecule has 1 heterocycles. The molecule has 2 atom stereocenters. The van der Waals surface area contributed by atoms with E-state index in [0.29, 0.717) is 96.3 Å². The zero-order valence-electron chi connectivity index (χ0n) is 27.3. The van der Waals surface area contributed by atoms with Gasteiger partial charge in [0, 0.05) is 57.0 Å². The fraction of sp³-hybridized carbons (Fsp3) is 0.742. The van der Waals surface area contributed by atoms with Crippen LogP contribution in [0.1, 0.15) is 91.2 Å². The number of nitrogens with zero attached hydrogens (tertiary/aromatic N) is 3. The molecule has 14 nitrogen and oxygen atoms in total. The summed E-state index contributed by atoms with van der Waals surface area (Å²) in [5.74, 6) is -3.71. The van der Waals surface area contributed by atoms with Crippen LogP contribution in [0.2, 0.25) is 0 Å². The van der Waals surface area contributed by atoms with E-state index in [1.807, 2.05) is 0 Å². The van der Waals surface area contributed by atoms with E-state index in [2.05, 4.69) is 20.9 Å². The lowest BCUT2D eigenvalue weighted by atomic mass is 9.90. The number of carbonyl (C=O) groups is 6. The zero-order chi connectivity index (χ0) is 33.8. The van der Waals surface area contributed by atoms with Crippen molar-refractivity contribution in [1.82, 2.24) is 25.6 Å². The second-order valence-electron chi connectivity index (χ2n) is 11.9. The predicted molar refractivity (Wildman–Crippen MR) is 167 cm³/mol. The number of carbonyl (C=O) groups excluding carboxylic acids is 6. The van der Waals surface area contributed by atoms with Gasteiger partial charge in [-0.15, -0.1) is 5.10 Å². The first kappa shape index (κ1) is 39.3. The quantitative estimate of drug-likeness (QED) is 0.0848. The summed E-state index contributed by atoms with van der Waals surface area (Å²) < 4.78 is 7.24. The number of aryl methyl sites for hydroxylation is 1. The first-order valence-corrected chi connectivity index (χ1v) is 16.0. The topological polar surface area (TPSA) is 218 Å². The number of hydrogen-bond acceptors (Lipinski definition) is 9. The van der Waals surface area contributed by atoms with Gasteiger partial charge in [-0.2, -0.15) is 0 Å². The molecule has 0 aliphatic heterocycles. The highest BCUT2D eigenvalue weighted by molar-refractivity contribution is 6.02. The predicted octanol–water partition coefficient (Wildman–Crippen LogP) is 1.23. The van der Waals surface area contributed by atoms with E-state index >= 15 is 0 Å². The Kier molecular flexibility index (Phi) is 19.2. The normalized spacial score (nSPS) is 12.6. The van der Waals surface area contributed by atoms with Gasteiger partial charge in [0.25, 0.3) is 0 Å². The molecule has 0 spiro atoms. The summed E-state index contributed by atoms with van der Waals surface area (Å²) in [4.78, 5) is 71.4. The van der Waals surface area contributed by atoms with Crippen LogP contribution in [0, 0.1) is 23.7 Å². The number of nitrogens with one attached hydrogen (secondary N) is 2. The lowest BCUT2D eigenvalue weighted by Gasteiger charge is -2.14. The highest BCUT2D eigenvalue weighted by Gasteiger charge is 2.26. The Morgan fingerprint density at radius 1 is 0.756 bits per heavy atom. The molecule has 6 N–H and O–H groups in total. The first-order chi connectivity index (χ1) is 21.3. The molecule has 1 rings (SSSR count). The number of hydrogen-bond donors (Lipinski definition) is 4. The molecule has 1 aromatic heterocycles. The van der Waals surface area contributed by atoms with Gasteiger partial charge in [0.15, 0.2) is 0 Å². The smallest absolute Gasteiger partial charge is 0.228 e. The molecule has 4 amide bonds. The summed E-state index contributed by atoms with van der Waals surface area (Å²) in [5.41, 5.74) is 11.4. The van der Waals surface area contributed by atoms with Crippen molar-refractivity contribution in [3.05, 3.63) is 11.9 Å². The minimum absolute atomic E-state index is 0.0805. The van der Waals surface area contributed by atoms with Crippen molar-refractivity contribution < 1.29 is 33.5 Å². The van der Waals surface area contributed by atoms with Gasteiger partial charge in [-0.3, -0.25) is 28.8 Å². The molecule has 0 aliphatic rings. The molecule has 45 heavy (non-hydrogen) atoms. The summed E-state index contributed by atoms with van der Waals surface area (Å²) in [7, 11) is 0. The van der Waals surface area contributed by atoms with Gasteiger partial charge < -0.3 is 26.8 Å². The molecule has 0 bridgehead atoms. The first-order valence-electron chi connectivity index (χ1n) is 16.0. The number of unbranched alkanes of at least 4 members (excludes halogenated alkanes) is 2. The molecule has 0 saturated carbocycles. The molecule has 1 aromatic rings. The molecule has 0 fully saturated rings. The monoisotopic (exact) mass is 635 g/mol. The van der Waals surface area contributed by atoms with Crippen LogP contribution in [0.4, 0.5) is 0 Å². The summed E-state index contributed by atoms with van der Waals surface area (Å²) in [6.45, 7) is 9.22. The fourth-order valence-corrected chi connectivity index (χ4v) is 4.63. The maximum atomic E-state index is 12.2. The number of amides is 4. The Balaban J connectivity index is 2.11. The molecule has 0 saturated heterocycles. The van der Waals surface area contributed by atoms with Gasteiger partial charge in [0.2, 0.25) is 23.6 Å². The molecule has 254 valence electrons. The lowest BCUT2D eigenvalue weighted by Crippen LogP contribution is -2.33. The minimum atomic E-state index is -0.775. The van der Waals surface area contributed by atoms with Crippen LogP contribution >= 0.6 is 0 Å². The molecule has 0 aromatic carbocycles. The van der Waals surface area contributed by atoms with Gasteiger partial charge in [-0.05, 0) is 32.1 Å². The Hall–Kier alpha value is -3.68. The molecule has 14 heteroatoms. The highest BCUT2D eigenvalue weighted by atomic mass is 16.5. The molecule has 0 aliphatic carbocycles. The minimum Gasteiger partial charge on any atom is -0.380 e. The third kappa shape index (κ3) is 16.8. The Morgan fingerprint density at radius 3 is 1.76 bits per heavy atom. The van der Waals surface area contributed by atoms with Crippen LogP contribution in [0.25, 0.3) is 0 Å². The number of nitrogens with two attached hydrogens (primary N) is 2. The molecule has 0 radical (unpaired) electrons. The molecular formula is C31H53N7O7. The summed E-state index contributed by atoms with van der Waals surface area (Å²) in [5, 5.41) is 13.8. The van der Waals surface area contributed by atoms with Crippen molar-refractivity contribution in [3.63, 3.8) is 0 Å². The van der Waals surface area contributed by atoms with Gasteiger partial charge in [0.05, 0.1) is 30.7 Å². The Labute approximate surface area is 266 Å². The van der Waals surface area contributed by atoms with E-state index in [1.165, 1.54) is 0 Å². The Bertz CT molecular complexity index is 1100. The average molecular weight is 636 g/mol. The van der Waals surface area contributed by atoms with Crippen molar-refractivity contribution in [2.75, 3.05) is 26.3 Å². The van der Waals surface area contributed by atoms with Crippen LogP contribution < -0.4 is 22.1 Å². The van der Waals surface area contributed by atoms with E-state index in [9.17, 15) is 28.8 Å². The van der Waals surface area contributed by atoms with Crippen LogP contribution in [0.15, 0.2) is 6.20 Å². The van der Waals surface area contributed by atoms with Gasteiger partial charge in [0.1, 0.15) is 11.6 Å². The van der Waals surface area contributed by atoms with Gasteiger partial charge in [-0.1, -0.05) is 45.7 Å². The SMILES string of the molecule is CC(C)C(=O)C(CCCCNC(=O)CCCOCCn1cc(CCC(=O)NCCCCC(C(N)=O)C(=O)C(C)C)nn1)C(N)=O. The van der Waals surface area contributed by atoms with Crippen LogP contribution in [-0.4, -0.2) is 76.5 Å². The van der Waals surface area contributed by atoms with E-state index in [0.717, 1.165) is 0 Å². The second kappa shape index (κ2) is 21.9. The van der Waals surface area contributed by atoms with Crippen molar-refractivity contribution in [3.8, 4) is 0 Å². The largest absolute Gasteiger partial charge is 0.380 e. The molecule has 2 unspecified atom stereocenters. The summed E-state index contributed by atoms with van der Waals surface area (Å²) >= 11 is 0. The van der Waals surface area contributed by atoms with Crippen LogP contribution in [0.5, 0.6) is 0 Å². The zero-order valence-corrected chi connectivity index (χ0v) is 27.3. The average Bonchev–Trinajstić information content (AvgIpc) is 3.43. The van der Waals surface area contributed by atoms with E-state index in [1.54, 1.807) is 38.6 Å². The van der Waals surface area contributed by atoms with Crippen molar-refractivity contribution in [2.45, 2.75) is 98.4 Å². The number of ether oxygens (including phenoxy) is 1. The van der Waals surface area contributed by atoms with E-state index in [4.69, 9.17) is 16.2 Å². The fourth-order valence-electron chi connectivity index (χ4n) is 4.63. The van der Waals surface area contributed by atoms with Gasteiger partial charge in [-0.25, -0.2) is 4.68 Å². The summed E-state index contributed by atoms with van der Waals surface area (Å²) in [6.07, 6.45) is 6.68. The maximum absolute atomic E-state index is 12.2. The third-order valence-corrected chi connectivity index (χ3v) is 7.35. The highest BCUT2D eigenvalue weighted by Crippen LogP contribution is 2.15. The number of Topliss-reactive ketones (excluding diaryl/α,β-unsaturated/α-hetero) is 2. The number of ketones is 2. The lowest BCUT2D eigenvalue weighted by molar-refractivity contribution is -0.136. The van der Waals surface area contributed by atoms with Crippen LogP contribution in [0.3, 0.4) is 0 Å². The number of aromatic nitrogens is 3. The standard InChI is InChI=1S/C31H53N7O7/c1-21(2)28(41)24(30(32)43)10-5-7-15-34-26(39)12-9-18-45-19-17-38-20-23(36-37-38)13-14-27(40)35-16-8-6-11-25(31(33)44)29(42)22(3)4/h20-22,24-25H,5-19H2,1-4H3,(H2,32,43)(H2,33,44)(H,34,39)(H,35,40). The molecular weight excluding hydrogens is 582 g/mol.